The van der Waals surface area contributed by atoms with Crippen molar-refractivity contribution >= 4 is 45.0 Å². The van der Waals surface area contributed by atoms with E-state index in [4.69, 9.17) is 15.1 Å². The van der Waals surface area contributed by atoms with Crippen molar-refractivity contribution in [3.05, 3.63) is 46.6 Å². The number of amides is 1. The van der Waals surface area contributed by atoms with Gasteiger partial charge >= 0.3 is 0 Å². The molecule has 0 bridgehead atoms. The molecule has 4 aromatic rings. The van der Waals surface area contributed by atoms with Crippen LogP contribution in [0.15, 0.2) is 30.3 Å². The van der Waals surface area contributed by atoms with Crippen molar-refractivity contribution in [1.29, 1.82) is 5.26 Å². The van der Waals surface area contributed by atoms with Gasteiger partial charge in [-0.05, 0) is 49.7 Å². The largest absolute Gasteiger partial charge is 0.389 e. The van der Waals surface area contributed by atoms with Gasteiger partial charge in [-0.15, -0.1) is 0 Å². The molecule has 13 heteroatoms. The highest BCUT2D eigenvalue weighted by molar-refractivity contribution is 7.16. The van der Waals surface area contributed by atoms with E-state index in [9.17, 15) is 19.6 Å². The van der Waals surface area contributed by atoms with Crippen molar-refractivity contribution in [2.75, 3.05) is 62.7 Å². The zero-order valence-electron chi connectivity index (χ0n) is 23.8. The van der Waals surface area contributed by atoms with Crippen molar-refractivity contribution in [2.45, 2.75) is 26.5 Å². The average Bonchev–Trinajstić information content (AvgIpc) is 3.58. The predicted molar refractivity (Wildman–Crippen MR) is 159 cm³/mol. The van der Waals surface area contributed by atoms with Gasteiger partial charge in [0.2, 0.25) is 5.91 Å². The predicted octanol–water partition coefficient (Wildman–Crippen LogP) is 2.99. The van der Waals surface area contributed by atoms with E-state index in [2.05, 4.69) is 21.9 Å². The summed E-state index contributed by atoms with van der Waals surface area (Å²) in [7, 11) is 1.90. The number of fused-ring (bicyclic) bond motifs is 1. The van der Waals surface area contributed by atoms with E-state index >= 15 is 0 Å². The Morgan fingerprint density at radius 2 is 1.88 bits per heavy atom. The molecule has 1 amide bonds. The standard InChI is InChI=1S/C29H32FN9O2S/c1-4-39-28(35(3)29-33-26(22(14-31)42-29)19-5-7-20(30)8-6-19)27-25(34-39)18(2)13-23(32-27)37-11-9-36(10-12-37)17-24(41)38-15-21(40)16-38/h5-8,13,21,40H,4,9-12,15-17H2,1-3H3. The monoisotopic (exact) mass is 589 g/mol. The number of hydrogen-bond acceptors (Lipinski definition) is 10. The Bertz CT molecular complexity index is 1670. The van der Waals surface area contributed by atoms with Gasteiger partial charge in [-0.25, -0.2) is 19.0 Å². The summed E-state index contributed by atoms with van der Waals surface area (Å²) >= 11 is 1.27. The number of benzene rings is 1. The molecule has 218 valence electrons. The third-order valence-electron chi connectivity index (χ3n) is 7.86. The van der Waals surface area contributed by atoms with Crippen LogP contribution >= 0.6 is 11.3 Å². The van der Waals surface area contributed by atoms with E-state index in [1.54, 1.807) is 17.0 Å². The Hall–Kier alpha value is -4.12. The van der Waals surface area contributed by atoms with Gasteiger partial charge in [0.15, 0.2) is 10.9 Å². The van der Waals surface area contributed by atoms with Crippen molar-refractivity contribution in [2.24, 2.45) is 0 Å². The lowest BCUT2D eigenvalue weighted by Crippen LogP contribution is -2.57. The van der Waals surface area contributed by atoms with Crippen LogP contribution in [0.4, 0.5) is 21.2 Å². The number of β-amino-alcohol motifs (C(OH)–C–C–N with tert-alkyl or cyclic N) is 1. The van der Waals surface area contributed by atoms with Crippen molar-refractivity contribution < 1.29 is 14.3 Å². The molecular weight excluding hydrogens is 557 g/mol. The van der Waals surface area contributed by atoms with Gasteiger partial charge in [-0.3, -0.25) is 9.69 Å². The summed E-state index contributed by atoms with van der Waals surface area (Å²) in [5, 5.41) is 24.8. The normalized spacial score (nSPS) is 16.1. The van der Waals surface area contributed by atoms with Crippen LogP contribution in [0, 0.1) is 24.1 Å². The summed E-state index contributed by atoms with van der Waals surface area (Å²) in [5.74, 6) is 1.35. The van der Waals surface area contributed by atoms with Gasteiger partial charge in [0.1, 0.15) is 39.3 Å². The van der Waals surface area contributed by atoms with Crippen LogP contribution in [0.1, 0.15) is 17.4 Å². The van der Waals surface area contributed by atoms with Crippen molar-refractivity contribution in [3.63, 3.8) is 0 Å². The number of aliphatic hydroxyl groups excluding tert-OH is 1. The number of carbonyl (C=O) groups is 1. The molecule has 0 unspecified atom stereocenters. The number of aryl methyl sites for hydroxylation is 2. The summed E-state index contributed by atoms with van der Waals surface area (Å²) in [6.07, 6.45) is -0.392. The molecule has 0 aliphatic carbocycles. The van der Waals surface area contributed by atoms with Crippen LogP contribution in [0.5, 0.6) is 0 Å². The summed E-state index contributed by atoms with van der Waals surface area (Å²) in [6.45, 7) is 8.84. The molecule has 0 radical (unpaired) electrons. The first-order valence-electron chi connectivity index (χ1n) is 14.0. The van der Waals surface area contributed by atoms with Gasteiger partial charge in [-0.1, -0.05) is 11.3 Å². The second-order valence-electron chi connectivity index (χ2n) is 10.7. The fraction of sp³-hybridized carbons (Fsp3) is 0.414. The number of rotatable bonds is 7. The van der Waals surface area contributed by atoms with Crippen LogP contribution in [-0.2, 0) is 11.3 Å². The fourth-order valence-electron chi connectivity index (χ4n) is 5.44. The molecule has 2 saturated heterocycles. The molecule has 1 N–H and O–H groups in total. The molecule has 0 saturated carbocycles. The molecule has 0 spiro atoms. The molecule has 2 fully saturated rings. The second kappa shape index (κ2) is 11.3. The Morgan fingerprint density at radius 3 is 2.52 bits per heavy atom. The second-order valence-corrected chi connectivity index (χ2v) is 11.7. The van der Waals surface area contributed by atoms with Crippen molar-refractivity contribution in [3.8, 4) is 17.3 Å². The maximum Gasteiger partial charge on any atom is 0.236 e. The fourth-order valence-corrected chi connectivity index (χ4v) is 6.29. The lowest BCUT2D eigenvalue weighted by molar-refractivity contribution is -0.142. The number of hydrogen-bond donors (Lipinski definition) is 1. The van der Waals surface area contributed by atoms with E-state index in [1.165, 1.54) is 23.5 Å². The Morgan fingerprint density at radius 1 is 1.17 bits per heavy atom. The Kier molecular flexibility index (Phi) is 7.53. The van der Waals surface area contributed by atoms with Crippen LogP contribution in [0.25, 0.3) is 22.3 Å². The molecule has 5 heterocycles. The lowest BCUT2D eigenvalue weighted by Gasteiger charge is -2.39. The number of piperazine rings is 1. The van der Waals surface area contributed by atoms with E-state index in [1.807, 2.05) is 30.5 Å². The van der Waals surface area contributed by atoms with Gasteiger partial charge < -0.3 is 19.8 Å². The number of aromatic nitrogens is 4. The van der Waals surface area contributed by atoms with Gasteiger partial charge in [0, 0.05) is 58.4 Å². The third kappa shape index (κ3) is 5.17. The van der Waals surface area contributed by atoms with Crippen LogP contribution in [-0.4, -0.2) is 99.5 Å². The molecule has 42 heavy (non-hydrogen) atoms. The Labute approximate surface area is 247 Å². The van der Waals surface area contributed by atoms with Crippen molar-refractivity contribution in [1.82, 2.24) is 29.5 Å². The number of thiazole rings is 1. The number of halogens is 1. The number of likely N-dealkylation sites (tertiary alicyclic amines) is 1. The summed E-state index contributed by atoms with van der Waals surface area (Å²) in [4.78, 5) is 30.8. The molecule has 0 atom stereocenters. The van der Waals surface area contributed by atoms with E-state index in [0.717, 1.165) is 54.4 Å². The maximum absolute atomic E-state index is 13.5. The number of aliphatic hydroxyl groups is 1. The number of carbonyl (C=O) groups excluding carboxylic acids is 1. The van der Waals surface area contributed by atoms with Crippen LogP contribution < -0.4 is 9.80 Å². The summed E-state index contributed by atoms with van der Waals surface area (Å²) in [6, 6.07) is 10.3. The first kappa shape index (κ1) is 28.0. The molecule has 2 aliphatic heterocycles. The average molecular weight is 590 g/mol. The number of anilines is 3. The minimum Gasteiger partial charge on any atom is -0.389 e. The molecule has 11 nitrogen and oxygen atoms in total. The molecular formula is C29H32FN9O2S. The molecule has 2 aliphatic rings. The van der Waals surface area contributed by atoms with Gasteiger partial charge in [-0.2, -0.15) is 10.4 Å². The zero-order valence-corrected chi connectivity index (χ0v) is 24.6. The van der Waals surface area contributed by atoms with Gasteiger partial charge in [0.25, 0.3) is 0 Å². The molecule has 3 aromatic heterocycles. The number of pyridine rings is 1. The highest BCUT2D eigenvalue weighted by atomic mass is 32.1. The quantitative estimate of drug-likeness (QED) is 0.347. The lowest BCUT2D eigenvalue weighted by atomic mass is 10.1. The summed E-state index contributed by atoms with van der Waals surface area (Å²) < 4.78 is 15.4. The van der Waals surface area contributed by atoms with E-state index < -0.39 is 6.10 Å². The topological polar surface area (TPSA) is 118 Å². The van der Waals surface area contributed by atoms with Crippen LogP contribution in [0.2, 0.25) is 0 Å². The smallest absolute Gasteiger partial charge is 0.236 e. The highest BCUT2D eigenvalue weighted by Crippen LogP contribution is 2.38. The molecule has 1 aromatic carbocycles. The first-order valence-corrected chi connectivity index (χ1v) is 14.8. The van der Waals surface area contributed by atoms with Gasteiger partial charge in [0.05, 0.1) is 12.6 Å². The van der Waals surface area contributed by atoms with Crippen LogP contribution in [0.3, 0.4) is 0 Å². The third-order valence-corrected chi connectivity index (χ3v) is 8.89. The first-order chi connectivity index (χ1) is 20.2. The maximum atomic E-state index is 13.5. The minimum absolute atomic E-state index is 0.0631. The minimum atomic E-state index is -0.392. The highest BCUT2D eigenvalue weighted by Gasteiger charge is 2.31. The summed E-state index contributed by atoms with van der Waals surface area (Å²) in [5.41, 5.74) is 3.76. The SMILES string of the molecule is CCn1nc2c(C)cc(N3CCN(CC(=O)N4CC(O)C4)CC3)nc2c1N(C)c1nc(-c2ccc(F)cc2)c(C#N)s1. The van der Waals surface area contributed by atoms with E-state index in [0.29, 0.717) is 47.4 Å². The Balaban J connectivity index is 1.27. The molecule has 6 rings (SSSR count). The zero-order chi connectivity index (χ0) is 29.5. The number of nitrogens with zero attached hydrogens (tertiary/aromatic N) is 9. The van der Waals surface area contributed by atoms with E-state index in [-0.39, 0.29) is 11.7 Å². The number of nitriles is 1.